The summed E-state index contributed by atoms with van der Waals surface area (Å²) >= 11 is 5.87. The highest BCUT2D eigenvalue weighted by molar-refractivity contribution is 6.30. The molecule has 0 bridgehead atoms. The topological polar surface area (TPSA) is 68.0 Å². The van der Waals surface area contributed by atoms with Crippen LogP contribution in [0.3, 0.4) is 0 Å². The molecule has 1 N–H and O–H groups in total. The molecule has 2 heterocycles. The van der Waals surface area contributed by atoms with Gasteiger partial charge in [-0.1, -0.05) is 47.1 Å². The number of anilines is 1. The number of nitrogens with zero attached hydrogens (tertiary/aromatic N) is 2. The number of halogens is 2. The van der Waals surface area contributed by atoms with E-state index in [9.17, 15) is 9.18 Å². The second-order valence-corrected chi connectivity index (χ2v) is 7.07. The van der Waals surface area contributed by atoms with E-state index in [1.165, 1.54) is 12.1 Å². The molecule has 0 fully saturated rings. The first-order valence-electron chi connectivity index (χ1n) is 9.31. The molecule has 0 saturated heterocycles. The number of pyridine rings is 1. The van der Waals surface area contributed by atoms with Crippen molar-refractivity contribution >= 4 is 23.4 Å². The van der Waals surface area contributed by atoms with E-state index in [1.54, 1.807) is 30.6 Å². The second-order valence-electron chi connectivity index (χ2n) is 6.63. The molecule has 0 aliphatic rings. The first-order valence-corrected chi connectivity index (χ1v) is 9.69. The number of carbonyl (C=O) groups is 1. The normalized spacial score (nSPS) is 10.7. The highest BCUT2D eigenvalue weighted by atomic mass is 35.5. The first kappa shape index (κ1) is 19.8. The van der Waals surface area contributed by atoms with E-state index >= 15 is 0 Å². The van der Waals surface area contributed by atoms with Gasteiger partial charge < -0.3 is 4.52 Å². The van der Waals surface area contributed by atoms with E-state index < -0.39 is 5.82 Å². The van der Waals surface area contributed by atoms with Crippen LogP contribution in [0.2, 0.25) is 5.02 Å². The first-order chi connectivity index (χ1) is 14.6. The Morgan fingerprint density at radius 1 is 1.07 bits per heavy atom. The lowest BCUT2D eigenvalue weighted by Gasteiger charge is -2.07. The Morgan fingerprint density at radius 3 is 2.57 bits per heavy atom. The van der Waals surface area contributed by atoms with Crippen molar-refractivity contribution in [3.63, 3.8) is 0 Å². The predicted molar refractivity (Wildman–Crippen MR) is 114 cm³/mol. The van der Waals surface area contributed by atoms with Gasteiger partial charge in [0.15, 0.2) is 0 Å². The largest absolute Gasteiger partial charge is 0.337 e. The van der Waals surface area contributed by atoms with Crippen LogP contribution in [0.5, 0.6) is 0 Å². The van der Waals surface area contributed by atoms with Crippen molar-refractivity contribution in [3.05, 3.63) is 89.5 Å². The molecule has 2 aromatic carbocycles. The average molecular weight is 422 g/mol. The minimum absolute atomic E-state index is 0.156. The van der Waals surface area contributed by atoms with Gasteiger partial charge in [-0.05, 0) is 47.9 Å². The zero-order valence-corrected chi connectivity index (χ0v) is 16.6. The molecule has 0 aliphatic heterocycles. The lowest BCUT2D eigenvalue weighted by Crippen LogP contribution is -2.12. The number of carbonyl (C=O) groups excluding carboxylic acids is 1. The summed E-state index contributed by atoms with van der Waals surface area (Å²) in [5, 5.41) is 7.07. The van der Waals surface area contributed by atoms with Gasteiger partial charge in [0.25, 0.3) is 0 Å². The van der Waals surface area contributed by atoms with Crippen LogP contribution >= 0.6 is 11.6 Å². The third-order valence-electron chi connectivity index (χ3n) is 4.58. The Morgan fingerprint density at radius 2 is 1.83 bits per heavy atom. The summed E-state index contributed by atoms with van der Waals surface area (Å²) in [6.07, 6.45) is 4.06. The summed E-state index contributed by atoms with van der Waals surface area (Å²) in [4.78, 5) is 16.5. The van der Waals surface area contributed by atoms with E-state index in [0.717, 1.165) is 5.56 Å². The number of hydrogen-bond donors (Lipinski definition) is 1. The monoisotopic (exact) mass is 421 g/mol. The van der Waals surface area contributed by atoms with E-state index in [-0.39, 0.29) is 34.5 Å². The van der Waals surface area contributed by atoms with Crippen LogP contribution in [-0.4, -0.2) is 16.0 Å². The molecule has 0 saturated carbocycles. The lowest BCUT2D eigenvalue weighted by atomic mass is 10.0. The Bertz CT molecular complexity index is 1160. The number of hydrogen-bond acceptors (Lipinski definition) is 4. The molecule has 0 unspecified atom stereocenters. The van der Waals surface area contributed by atoms with Gasteiger partial charge >= 0.3 is 0 Å². The Hall–Kier alpha value is -3.51. The molecule has 0 aliphatic carbocycles. The maximum absolute atomic E-state index is 14.5. The van der Waals surface area contributed by atoms with Crippen LogP contribution in [0.15, 0.2) is 77.6 Å². The summed E-state index contributed by atoms with van der Waals surface area (Å²) in [7, 11) is 0. The number of amides is 1. The van der Waals surface area contributed by atoms with Gasteiger partial charge in [0, 0.05) is 29.4 Å². The number of benzene rings is 2. The zero-order valence-electron chi connectivity index (χ0n) is 15.8. The SMILES string of the molecule is O=C(CCc1ccccc1)Nc1onc(-c2ccc(Cl)cc2F)c1-c1ccncc1. The minimum atomic E-state index is -0.534. The summed E-state index contributed by atoms with van der Waals surface area (Å²) in [5.41, 5.74) is 2.72. The Balaban J connectivity index is 1.65. The quantitative estimate of drug-likeness (QED) is 0.429. The molecule has 4 aromatic rings. The van der Waals surface area contributed by atoms with Gasteiger partial charge in [-0.15, -0.1) is 0 Å². The van der Waals surface area contributed by atoms with E-state index in [4.69, 9.17) is 16.1 Å². The smallest absolute Gasteiger partial charge is 0.239 e. The fourth-order valence-corrected chi connectivity index (χ4v) is 3.28. The van der Waals surface area contributed by atoms with Crippen LogP contribution in [0.25, 0.3) is 22.4 Å². The van der Waals surface area contributed by atoms with E-state index in [1.807, 2.05) is 30.3 Å². The van der Waals surface area contributed by atoms with Crippen LogP contribution in [-0.2, 0) is 11.2 Å². The van der Waals surface area contributed by atoms with Gasteiger partial charge in [-0.2, -0.15) is 0 Å². The molecule has 0 spiro atoms. The van der Waals surface area contributed by atoms with Crippen molar-refractivity contribution in [3.8, 4) is 22.4 Å². The molecule has 2 aromatic heterocycles. The predicted octanol–water partition coefficient (Wildman–Crippen LogP) is 5.77. The number of rotatable bonds is 6. The van der Waals surface area contributed by atoms with Gasteiger partial charge in [0.05, 0.1) is 5.56 Å². The lowest BCUT2D eigenvalue weighted by molar-refractivity contribution is -0.116. The van der Waals surface area contributed by atoms with Crippen LogP contribution in [0, 0.1) is 5.82 Å². The average Bonchev–Trinajstić information content (AvgIpc) is 3.16. The van der Waals surface area contributed by atoms with Crippen molar-refractivity contribution in [2.24, 2.45) is 0 Å². The standard InChI is InChI=1S/C23H17ClFN3O2/c24-17-7-8-18(19(25)14-17)22-21(16-10-12-26-13-11-16)23(30-28-22)27-20(29)9-6-15-4-2-1-3-5-15/h1-5,7-8,10-14H,6,9H2,(H,27,29). The maximum Gasteiger partial charge on any atom is 0.239 e. The van der Waals surface area contributed by atoms with Crippen molar-refractivity contribution in [2.75, 3.05) is 5.32 Å². The third kappa shape index (κ3) is 4.39. The Kier molecular flexibility index (Phi) is 5.86. The molecule has 5 nitrogen and oxygen atoms in total. The fraction of sp³-hybridized carbons (Fsp3) is 0.0870. The molecule has 1 amide bonds. The van der Waals surface area contributed by atoms with Crippen LogP contribution < -0.4 is 5.32 Å². The Labute approximate surface area is 177 Å². The number of aryl methyl sites for hydroxylation is 1. The highest BCUT2D eigenvalue weighted by Gasteiger charge is 2.23. The van der Waals surface area contributed by atoms with Crippen molar-refractivity contribution in [1.29, 1.82) is 0 Å². The molecule has 4 rings (SSSR count). The molecule has 0 atom stereocenters. The van der Waals surface area contributed by atoms with Crippen LogP contribution in [0.1, 0.15) is 12.0 Å². The van der Waals surface area contributed by atoms with Crippen LogP contribution in [0.4, 0.5) is 10.3 Å². The maximum atomic E-state index is 14.5. The summed E-state index contributed by atoms with van der Waals surface area (Å²) < 4.78 is 20.0. The number of aromatic nitrogens is 2. The zero-order chi connectivity index (χ0) is 20.9. The molecule has 0 radical (unpaired) electrons. The summed E-state index contributed by atoms with van der Waals surface area (Å²) in [5.74, 6) is -0.606. The van der Waals surface area contributed by atoms with Gasteiger partial charge in [-0.3, -0.25) is 15.1 Å². The molecule has 30 heavy (non-hydrogen) atoms. The number of nitrogens with one attached hydrogen (secondary N) is 1. The van der Waals surface area contributed by atoms with Crippen molar-refractivity contribution < 1.29 is 13.7 Å². The van der Waals surface area contributed by atoms with Crippen molar-refractivity contribution in [2.45, 2.75) is 12.8 Å². The molecule has 150 valence electrons. The molecular formula is C23H17ClFN3O2. The van der Waals surface area contributed by atoms with E-state index in [2.05, 4.69) is 15.5 Å². The summed E-state index contributed by atoms with van der Waals surface area (Å²) in [6.45, 7) is 0. The molecular weight excluding hydrogens is 405 g/mol. The third-order valence-corrected chi connectivity index (χ3v) is 4.82. The van der Waals surface area contributed by atoms with Gasteiger partial charge in [0.2, 0.25) is 11.8 Å². The second kappa shape index (κ2) is 8.88. The van der Waals surface area contributed by atoms with Gasteiger partial charge in [0.1, 0.15) is 11.5 Å². The summed E-state index contributed by atoms with van der Waals surface area (Å²) in [6, 6.07) is 17.5. The minimum Gasteiger partial charge on any atom is -0.337 e. The highest BCUT2D eigenvalue weighted by Crippen LogP contribution is 2.39. The fourth-order valence-electron chi connectivity index (χ4n) is 3.12. The molecule has 7 heteroatoms. The van der Waals surface area contributed by atoms with Crippen molar-refractivity contribution in [1.82, 2.24) is 10.1 Å². The van der Waals surface area contributed by atoms with Gasteiger partial charge in [-0.25, -0.2) is 4.39 Å². The van der Waals surface area contributed by atoms with E-state index in [0.29, 0.717) is 17.5 Å².